The first-order chi connectivity index (χ1) is 8.16. The van der Waals surface area contributed by atoms with Gasteiger partial charge >= 0.3 is 0 Å². The zero-order chi connectivity index (χ0) is 12.3. The highest BCUT2D eigenvalue weighted by molar-refractivity contribution is 7.09. The van der Waals surface area contributed by atoms with Crippen LogP contribution in [-0.4, -0.2) is 24.7 Å². The minimum Gasteiger partial charge on any atom is -0.371 e. The maximum atomic E-state index is 5.83. The predicted octanol–water partition coefficient (Wildman–Crippen LogP) is 2.77. The van der Waals surface area contributed by atoms with E-state index in [1.54, 1.807) is 11.3 Å². The smallest absolute Gasteiger partial charge is 0.122 e. The van der Waals surface area contributed by atoms with E-state index in [0.717, 1.165) is 36.8 Å². The molecule has 1 aliphatic heterocycles. The number of hydrogen-bond acceptors (Lipinski definition) is 4. The SMILES string of the molecule is Cc1csc(C2OCCC2CNCC(C)C)n1. The second-order valence-electron chi connectivity index (χ2n) is 5.22. The molecule has 1 fully saturated rings. The third kappa shape index (κ3) is 3.50. The van der Waals surface area contributed by atoms with Gasteiger partial charge in [-0.2, -0.15) is 0 Å². The van der Waals surface area contributed by atoms with Gasteiger partial charge in [0.15, 0.2) is 0 Å². The highest BCUT2D eigenvalue weighted by Crippen LogP contribution is 2.35. The Bertz CT molecular complexity index is 351. The lowest BCUT2D eigenvalue weighted by Gasteiger charge is -2.17. The van der Waals surface area contributed by atoms with Crippen molar-refractivity contribution in [2.24, 2.45) is 11.8 Å². The van der Waals surface area contributed by atoms with Gasteiger partial charge in [-0.3, -0.25) is 0 Å². The molecule has 1 aliphatic rings. The van der Waals surface area contributed by atoms with Gasteiger partial charge in [0.2, 0.25) is 0 Å². The number of ether oxygens (including phenoxy) is 1. The van der Waals surface area contributed by atoms with Crippen molar-refractivity contribution in [3.63, 3.8) is 0 Å². The molecule has 1 aromatic rings. The maximum absolute atomic E-state index is 5.83. The fourth-order valence-corrected chi connectivity index (χ4v) is 3.11. The fraction of sp³-hybridized carbons (Fsp3) is 0.769. The summed E-state index contributed by atoms with van der Waals surface area (Å²) in [6.45, 7) is 9.51. The number of aromatic nitrogens is 1. The van der Waals surface area contributed by atoms with Crippen molar-refractivity contribution in [3.8, 4) is 0 Å². The van der Waals surface area contributed by atoms with Gasteiger partial charge in [0.1, 0.15) is 11.1 Å². The molecule has 0 saturated carbocycles. The Kier molecular flexibility index (Phi) is 4.54. The summed E-state index contributed by atoms with van der Waals surface area (Å²) in [6.07, 6.45) is 1.36. The van der Waals surface area contributed by atoms with E-state index in [4.69, 9.17) is 4.74 Å². The Hall–Kier alpha value is -0.450. The molecule has 2 rings (SSSR count). The minimum atomic E-state index is 0.216. The molecular formula is C13H22N2OS. The Morgan fingerprint density at radius 1 is 1.59 bits per heavy atom. The van der Waals surface area contributed by atoms with Crippen LogP contribution in [0.5, 0.6) is 0 Å². The highest BCUT2D eigenvalue weighted by Gasteiger charge is 2.31. The van der Waals surface area contributed by atoms with Crippen LogP contribution in [0.1, 0.15) is 37.1 Å². The van der Waals surface area contributed by atoms with Crippen LogP contribution in [0.15, 0.2) is 5.38 Å². The molecule has 1 saturated heterocycles. The Morgan fingerprint density at radius 3 is 3.06 bits per heavy atom. The van der Waals surface area contributed by atoms with Crippen molar-refractivity contribution < 1.29 is 4.74 Å². The molecule has 1 aromatic heterocycles. The highest BCUT2D eigenvalue weighted by atomic mass is 32.1. The van der Waals surface area contributed by atoms with Crippen LogP contribution < -0.4 is 5.32 Å². The Labute approximate surface area is 108 Å². The van der Waals surface area contributed by atoms with E-state index in [-0.39, 0.29) is 6.10 Å². The summed E-state index contributed by atoms with van der Waals surface area (Å²) in [5, 5.41) is 6.79. The van der Waals surface area contributed by atoms with Crippen molar-refractivity contribution in [1.29, 1.82) is 0 Å². The van der Waals surface area contributed by atoms with Gasteiger partial charge < -0.3 is 10.1 Å². The summed E-state index contributed by atoms with van der Waals surface area (Å²) in [4.78, 5) is 4.55. The average molecular weight is 254 g/mol. The molecule has 0 bridgehead atoms. The van der Waals surface area contributed by atoms with Gasteiger partial charge in [-0.1, -0.05) is 13.8 Å². The topological polar surface area (TPSA) is 34.1 Å². The Morgan fingerprint density at radius 2 is 2.41 bits per heavy atom. The van der Waals surface area contributed by atoms with Crippen molar-refractivity contribution in [1.82, 2.24) is 10.3 Å². The van der Waals surface area contributed by atoms with Crippen molar-refractivity contribution in [2.75, 3.05) is 19.7 Å². The van der Waals surface area contributed by atoms with E-state index < -0.39 is 0 Å². The van der Waals surface area contributed by atoms with Gasteiger partial charge in [-0.25, -0.2) is 4.98 Å². The maximum Gasteiger partial charge on any atom is 0.122 e. The second-order valence-corrected chi connectivity index (χ2v) is 6.11. The van der Waals surface area contributed by atoms with Gasteiger partial charge in [-0.15, -0.1) is 11.3 Å². The number of thiazole rings is 1. The number of rotatable bonds is 5. The molecule has 1 N–H and O–H groups in total. The summed E-state index contributed by atoms with van der Waals surface area (Å²) in [5.41, 5.74) is 1.11. The van der Waals surface area contributed by atoms with E-state index >= 15 is 0 Å². The molecule has 0 radical (unpaired) electrons. The van der Waals surface area contributed by atoms with Crippen molar-refractivity contribution in [3.05, 3.63) is 16.1 Å². The minimum absolute atomic E-state index is 0.216. The molecule has 0 spiro atoms. The van der Waals surface area contributed by atoms with Gasteiger partial charge in [-0.05, 0) is 25.8 Å². The Balaban J connectivity index is 1.89. The average Bonchev–Trinajstić information content (AvgIpc) is 2.86. The van der Waals surface area contributed by atoms with Gasteiger partial charge in [0, 0.05) is 30.1 Å². The molecule has 3 nitrogen and oxygen atoms in total. The third-order valence-electron chi connectivity index (χ3n) is 3.05. The molecular weight excluding hydrogens is 232 g/mol. The summed E-state index contributed by atoms with van der Waals surface area (Å²) in [5.74, 6) is 1.29. The molecule has 0 amide bonds. The van der Waals surface area contributed by atoms with E-state index in [9.17, 15) is 0 Å². The number of nitrogens with zero attached hydrogens (tertiary/aromatic N) is 1. The van der Waals surface area contributed by atoms with Crippen LogP contribution in [0.2, 0.25) is 0 Å². The number of aryl methyl sites for hydroxylation is 1. The van der Waals surface area contributed by atoms with Gasteiger partial charge in [0.05, 0.1) is 0 Å². The fourth-order valence-electron chi connectivity index (χ4n) is 2.18. The molecule has 2 unspecified atom stereocenters. The molecule has 0 aliphatic carbocycles. The van der Waals surface area contributed by atoms with Crippen LogP contribution in [0.3, 0.4) is 0 Å². The standard InChI is InChI=1S/C13H22N2OS/c1-9(2)6-14-7-11-4-5-16-12(11)13-15-10(3)8-17-13/h8-9,11-12,14H,4-7H2,1-3H3. The molecule has 96 valence electrons. The van der Waals surface area contributed by atoms with Crippen LogP contribution >= 0.6 is 11.3 Å². The lowest BCUT2D eigenvalue weighted by Crippen LogP contribution is -2.27. The number of nitrogens with one attached hydrogen (secondary N) is 1. The monoisotopic (exact) mass is 254 g/mol. The normalized spacial score (nSPS) is 24.7. The van der Waals surface area contributed by atoms with E-state index in [1.807, 2.05) is 6.92 Å². The summed E-state index contributed by atoms with van der Waals surface area (Å²) in [7, 11) is 0. The summed E-state index contributed by atoms with van der Waals surface area (Å²) in [6, 6.07) is 0. The molecule has 2 atom stereocenters. The summed E-state index contributed by atoms with van der Waals surface area (Å²) < 4.78 is 5.83. The van der Waals surface area contributed by atoms with E-state index in [1.165, 1.54) is 0 Å². The van der Waals surface area contributed by atoms with Crippen LogP contribution in [0, 0.1) is 18.8 Å². The van der Waals surface area contributed by atoms with Crippen molar-refractivity contribution in [2.45, 2.75) is 33.3 Å². The third-order valence-corrected chi connectivity index (χ3v) is 4.08. The first-order valence-corrected chi connectivity index (χ1v) is 7.29. The first-order valence-electron chi connectivity index (χ1n) is 6.41. The lowest BCUT2D eigenvalue weighted by molar-refractivity contribution is 0.0900. The largest absolute Gasteiger partial charge is 0.371 e. The molecule has 2 heterocycles. The van der Waals surface area contributed by atoms with Crippen LogP contribution in [-0.2, 0) is 4.74 Å². The second kappa shape index (κ2) is 5.94. The molecule has 17 heavy (non-hydrogen) atoms. The molecule has 0 aromatic carbocycles. The van der Waals surface area contributed by atoms with Gasteiger partial charge in [0.25, 0.3) is 0 Å². The van der Waals surface area contributed by atoms with Crippen LogP contribution in [0.25, 0.3) is 0 Å². The van der Waals surface area contributed by atoms with E-state index in [2.05, 4.69) is 29.5 Å². The van der Waals surface area contributed by atoms with Crippen molar-refractivity contribution >= 4 is 11.3 Å². The number of hydrogen-bond donors (Lipinski definition) is 1. The zero-order valence-electron chi connectivity index (χ0n) is 10.9. The predicted molar refractivity (Wildman–Crippen MR) is 71.4 cm³/mol. The van der Waals surface area contributed by atoms with Crippen LogP contribution in [0.4, 0.5) is 0 Å². The molecule has 4 heteroatoms. The zero-order valence-corrected chi connectivity index (χ0v) is 11.7. The van der Waals surface area contributed by atoms with E-state index in [0.29, 0.717) is 11.8 Å². The lowest BCUT2D eigenvalue weighted by atomic mass is 10.0. The summed E-state index contributed by atoms with van der Waals surface area (Å²) >= 11 is 1.73. The first kappa shape index (κ1) is 13.0. The quantitative estimate of drug-likeness (QED) is 0.877.